The first-order valence-electron chi connectivity index (χ1n) is 6.07. The summed E-state index contributed by atoms with van der Waals surface area (Å²) in [5, 5.41) is 3.21. The summed E-state index contributed by atoms with van der Waals surface area (Å²) in [6.45, 7) is 2.13. The number of halogens is 3. The molecule has 2 nitrogen and oxygen atoms in total. The van der Waals surface area contributed by atoms with E-state index in [1.54, 1.807) is 6.07 Å². The van der Waals surface area contributed by atoms with E-state index in [-0.39, 0.29) is 5.75 Å². The van der Waals surface area contributed by atoms with Crippen LogP contribution in [-0.2, 0) is 6.18 Å². The Hall–Kier alpha value is -1.23. The number of alkyl halides is 3. The normalized spacial score (nSPS) is 20.7. The zero-order valence-corrected chi connectivity index (χ0v) is 9.96. The Morgan fingerprint density at radius 3 is 2.72 bits per heavy atom. The molecule has 0 aromatic heterocycles. The lowest BCUT2D eigenvalue weighted by molar-refractivity contribution is -0.139. The van der Waals surface area contributed by atoms with Crippen molar-refractivity contribution >= 4 is 0 Å². The van der Waals surface area contributed by atoms with E-state index in [1.165, 1.54) is 12.1 Å². The second kappa shape index (κ2) is 5.61. The molecule has 0 amide bonds. The fourth-order valence-electron chi connectivity index (χ4n) is 2.10. The molecule has 1 N–H and O–H groups in total. The Labute approximate surface area is 104 Å². The predicted octanol–water partition coefficient (Wildman–Crippen LogP) is 3.08. The van der Waals surface area contributed by atoms with E-state index in [2.05, 4.69) is 5.32 Å². The number of hydrogen-bond acceptors (Lipinski definition) is 2. The predicted molar refractivity (Wildman–Crippen MR) is 62.5 cm³/mol. The first kappa shape index (κ1) is 13.2. The van der Waals surface area contributed by atoms with Crippen LogP contribution in [-0.4, -0.2) is 19.7 Å². The van der Waals surface area contributed by atoms with Gasteiger partial charge in [-0.1, -0.05) is 12.1 Å². The number of ether oxygens (including phenoxy) is 1. The number of piperidine rings is 1. The maximum absolute atomic E-state index is 12.7. The van der Waals surface area contributed by atoms with Crippen LogP contribution in [0.2, 0.25) is 0 Å². The number of rotatable bonds is 3. The van der Waals surface area contributed by atoms with E-state index in [0.717, 1.165) is 32.0 Å². The Balaban J connectivity index is 2.00. The van der Waals surface area contributed by atoms with Crippen molar-refractivity contribution in [1.82, 2.24) is 5.32 Å². The molecule has 0 bridgehead atoms. The van der Waals surface area contributed by atoms with Crippen LogP contribution < -0.4 is 10.1 Å². The second-order valence-electron chi connectivity index (χ2n) is 4.52. The Morgan fingerprint density at radius 1 is 1.28 bits per heavy atom. The van der Waals surface area contributed by atoms with Crippen LogP contribution in [0.15, 0.2) is 24.3 Å². The second-order valence-corrected chi connectivity index (χ2v) is 4.52. The minimum atomic E-state index is -4.36. The van der Waals surface area contributed by atoms with Gasteiger partial charge in [0.05, 0.1) is 12.2 Å². The number of nitrogens with one attached hydrogen (secondary N) is 1. The summed E-state index contributed by atoms with van der Waals surface area (Å²) in [7, 11) is 0. The van der Waals surface area contributed by atoms with Crippen LogP contribution in [0.5, 0.6) is 5.75 Å². The molecular formula is C13H16F3NO. The Bertz CT molecular complexity index is 386. The lowest BCUT2D eigenvalue weighted by atomic mass is 10.0. The van der Waals surface area contributed by atoms with Crippen molar-refractivity contribution in [1.29, 1.82) is 0 Å². The molecule has 1 heterocycles. The van der Waals surface area contributed by atoms with Crippen molar-refractivity contribution in [3.8, 4) is 5.75 Å². The van der Waals surface area contributed by atoms with Crippen LogP contribution >= 0.6 is 0 Å². The molecule has 1 aromatic rings. The lowest BCUT2D eigenvalue weighted by Gasteiger charge is -2.23. The SMILES string of the molecule is FC(F)(F)c1ccccc1OC[C@H]1CCCNC1. The van der Waals surface area contributed by atoms with Gasteiger partial charge in [0, 0.05) is 12.5 Å². The number of benzene rings is 1. The van der Waals surface area contributed by atoms with Gasteiger partial charge in [0.2, 0.25) is 0 Å². The summed E-state index contributed by atoms with van der Waals surface area (Å²) >= 11 is 0. The molecule has 0 unspecified atom stereocenters. The molecule has 18 heavy (non-hydrogen) atoms. The van der Waals surface area contributed by atoms with Crippen LogP contribution in [0, 0.1) is 5.92 Å². The van der Waals surface area contributed by atoms with Gasteiger partial charge in [-0.25, -0.2) is 0 Å². The maximum Gasteiger partial charge on any atom is 0.419 e. The average Bonchev–Trinajstić information content (AvgIpc) is 2.37. The van der Waals surface area contributed by atoms with Gasteiger partial charge in [-0.05, 0) is 31.5 Å². The summed E-state index contributed by atoms with van der Waals surface area (Å²) in [5.41, 5.74) is -0.700. The third kappa shape index (κ3) is 3.38. The van der Waals surface area contributed by atoms with Crippen LogP contribution in [0.3, 0.4) is 0 Å². The van der Waals surface area contributed by atoms with Gasteiger partial charge in [0.15, 0.2) is 0 Å². The minimum Gasteiger partial charge on any atom is -0.493 e. The number of para-hydroxylation sites is 1. The topological polar surface area (TPSA) is 21.3 Å². The highest BCUT2D eigenvalue weighted by Crippen LogP contribution is 2.36. The molecule has 1 fully saturated rings. The molecule has 0 aliphatic carbocycles. The molecule has 1 aliphatic heterocycles. The summed E-state index contributed by atoms with van der Waals surface area (Å²) in [6.07, 6.45) is -2.31. The fourth-order valence-corrected chi connectivity index (χ4v) is 2.10. The third-order valence-corrected chi connectivity index (χ3v) is 3.07. The average molecular weight is 259 g/mol. The van der Waals surface area contributed by atoms with E-state index in [9.17, 15) is 13.2 Å². The summed E-state index contributed by atoms with van der Waals surface area (Å²) < 4.78 is 43.5. The van der Waals surface area contributed by atoms with Crippen LogP contribution in [0.1, 0.15) is 18.4 Å². The van der Waals surface area contributed by atoms with Gasteiger partial charge in [0.1, 0.15) is 5.75 Å². The quantitative estimate of drug-likeness (QED) is 0.900. The molecule has 1 saturated heterocycles. The van der Waals surface area contributed by atoms with E-state index in [4.69, 9.17) is 4.74 Å². The summed E-state index contributed by atoms with van der Waals surface area (Å²) in [6, 6.07) is 5.36. The third-order valence-electron chi connectivity index (χ3n) is 3.07. The summed E-state index contributed by atoms with van der Waals surface area (Å²) in [4.78, 5) is 0. The van der Waals surface area contributed by atoms with Gasteiger partial charge in [-0.2, -0.15) is 13.2 Å². The van der Waals surface area contributed by atoms with E-state index >= 15 is 0 Å². The molecule has 0 saturated carbocycles. The van der Waals surface area contributed by atoms with Crippen molar-refractivity contribution in [2.45, 2.75) is 19.0 Å². The highest BCUT2D eigenvalue weighted by atomic mass is 19.4. The maximum atomic E-state index is 12.7. The fraction of sp³-hybridized carbons (Fsp3) is 0.538. The van der Waals surface area contributed by atoms with Crippen molar-refractivity contribution in [3.63, 3.8) is 0 Å². The molecule has 100 valence electrons. The highest BCUT2D eigenvalue weighted by Gasteiger charge is 2.34. The first-order chi connectivity index (χ1) is 8.57. The zero-order chi connectivity index (χ0) is 13.0. The smallest absolute Gasteiger partial charge is 0.419 e. The van der Waals surface area contributed by atoms with Gasteiger partial charge in [0.25, 0.3) is 0 Å². The van der Waals surface area contributed by atoms with Crippen molar-refractivity contribution in [2.75, 3.05) is 19.7 Å². The minimum absolute atomic E-state index is 0.0735. The molecule has 1 aromatic carbocycles. The molecule has 5 heteroatoms. The monoisotopic (exact) mass is 259 g/mol. The van der Waals surface area contributed by atoms with Crippen LogP contribution in [0.4, 0.5) is 13.2 Å². The van der Waals surface area contributed by atoms with E-state index < -0.39 is 11.7 Å². The van der Waals surface area contributed by atoms with Crippen LogP contribution in [0.25, 0.3) is 0 Å². The van der Waals surface area contributed by atoms with Gasteiger partial charge >= 0.3 is 6.18 Å². The standard InChI is InChI=1S/C13H16F3NO/c14-13(15,16)11-5-1-2-6-12(11)18-9-10-4-3-7-17-8-10/h1-2,5-6,10,17H,3-4,7-9H2/t10-/m0/s1. The van der Waals surface area contributed by atoms with Gasteiger partial charge in [-0.3, -0.25) is 0 Å². The van der Waals surface area contributed by atoms with E-state index in [0.29, 0.717) is 12.5 Å². The Morgan fingerprint density at radius 2 is 2.06 bits per heavy atom. The molecular weight excluding hydrogens is 243 g/mol. The lowest BCUT2D eigenvalue weighted by Crippen LogP contribution is -2.33. The van der Waals surface area contributed by atoms with Crippen molar-refractivity contribution < 1.29 is 17.9 Å². The zero-order valence-electron chi connectivity index (χ0n) is 9.96. The largest absolute Gasteiger partial charge is 0.493 e. The molecule has 0 spiro atoms. The van der Waals surface area contributed by atoms with E-state index in [1.807, 2.05) is 0 Å². The summed E-state index contributed by atoms with van der Waals surface area (Å²) in [5.74, 6) is 0.218. The Kier molecular flexibility index (Phi) is 4.11. The molecule has 1 atom stereocenters. The highest BCUT2D eigenvalue weighted by molar-refractivity contribution is 5.35. The molecule has 2 rings (SSSR count). The van der Waals surface area contributed by atoms with Gasteiger partial charge < -0.3 is 10.1 Å². The van der Waals surface area contributed by atoms with Crippen molar-refractivity contribution in [3.05, 3.63) is 29.8 Å². The first-order valence-corrected chi connectivity index (χ1v) is 6.07. The van der Waals surface area contributed by atoms with Gasteiger partial charge in [-0.15, -0.1) is 0 Å². The molecule has 1 aliphatic rings. The number of hydrogen-bond donors (Lipinski definition) is 1. The van der Waals surface area contributed by atoms with Crippen molar-refractivity contribution in [2.24, 2.45) is 5.92 Å². The molecule has 0 radical (unpaired) electrons.